The maximum atomic E-state index is 13.5. The SMILES string of the molecule is Cc1ncccc1C(=O)Nc1cc(F)ccc1OCC1CC1. The molecule has 1 N–H and O–H groups in total. The summed E-state index contributed by atoms with van der Waals surface area (Å²) in [4.78, 5) is 16.4. The van der Waals surface area contributed by atoms with Crippen LogP contribution in [-0.4, -0.2) is 17.5 Å². The Morgan fingerprint density at radius 3 is 2.95 bits per heavy atom. The van der Waals surface area contributed by atoms with E-state index in [4.69, 9.17) is 4.74 Å². The van der Waals surface area contributed by atoms with Gasteiger partial charge in [0, 0.05) is 18.0 Å². The number of nitrogens with zero attached hydrogens (tertiary/aromatic N) is 1. The van der Waals surface area contributed by atoms with E-state index in [-0.39, 0.29) is 5.91 Å². The summed E-state index contributed by atoms with van der Waals surface area (Å²) in [7, 11) is 0. The van der Waals surface area contributed by atoms with Gasteiger partial charge in [-0.25, -0.2) is 4.39 Å². The van der Waals surface area contributed by atoms with Crippen molar-refractivity contribution in [2.45, 2.75) is 19.8 Å². The Labute approximate surface area is 128 Å². The lowest BCUT2D eigenvalue weighted by atomic mass is 10.2. The van der Waals surface area contributed by atoms with Gasteiger partial charge in [-0.05, 0) is 49.9 Å². The number of rotatable bonds is 5. The minimum Gasteiger partial charge on any atom is -0.491 e. The molecule has 22 heavy (non-hydrogen) atoms. The smallest absolute Gasteiger partial charge is 0.257 e. The van der Waals surface area contributed by atoms with Gasteiger partial charge in [-0.3, -0.25) is 9.78 Å². The van der Waals surface area contributed by atoms with Crippen LogP contribution in [0.15, 0.2) is 36.5 Å². The number of anilines is 1. The normalized spacial score (nSPS) is 13.7. The third-order valence-corrected chi connectivity index (χ3v) is 3.61. The molecular formula is C17H17FN2O2. The van der Waals surface area contributed by atoms with Gasteiger partial charge in [0.25, 0.3) is 5.91 Å². The van der Waals surface area contributed by atoms with Gasteiger partial charge in [-0.15, -0.1) is 0 Å². The van der Waals surface area contributed by atoms with Crippen LogP contribution in [0.3, 0.4) is 0 Å². The molecule has 1 heterocycles. The van der Waals surface area contributed by atoms with E-state index < -0.39 is 5.82 Å². The summed E-state index contributed by atoms with van der Waals surface area (Å²) in [5.41, 5.74) is 1.42. The van der Waals surface area contributed by atoms with Crippen LogP contribution in [0.2, 0.25) is 0 Å². The zero-order valence-electron chi connectivity index (χ0n) is 12.3. The summed E-state index contributed by atoms with van der Waals surface area (Å²) < 4.78 is 19.2. The van der Waals surface area contributed by atoms with Crippen molar-refractivity contribution in [2.24, 2.45) is 5.92 Å². The highest BCUT2D eigenvalue weighted by Crippen LogP contribution is 2.32. The molecule has 0 spiro atoms. The van der Waals surface area contributed by atoms with Gasteiger partial charge in [-0.1, -0.05) is 0 Å². The topological polar surface area (TPSA) is 51.2 Å². The lowest BCUT2D eigenvalue weighted by molar-refractivity contribution is 0.102. The minimum absolute atomic E-state index is 0.326. The highest BCUT2D eigenvalue weighted by atomic mass is 19.1. The van der Waals surface area contributed by atoms with Crippen molar-refractivity contribution in [2.75, 3.05) is 11.9 Å². The Morgan fingerprint density at radius 2 is 2.23 bits per heavy atom. The van der Waals surface area contributed by atoms with Crippen LogP contribution < -0.4 is 10.1 Å². The lowest BCUT2D eigenvalue weighted by Crippen LogP contribution is -2.15. The number of amides is 1. The molecule has 0 atom stereocenters. The monoisotopic (exact) mass is 300 g/mol. The Hall–Kier alpha value is -2.43. The standard InChI is InChI=1S/C17H17FN2O2/c1-11-14(3-2-8-19-11)17(21)20-15-9-13(18)6-7-16(15)22-10-12-4-5-12/h2-3,6-9,12H,4-5,10H2,1H3,(H,20,21). The zero-order valence-corrected chi connectivity index (χ0v) is 12.3. The minimum atomic E-state index is -0.419. The van der Waals surface area contributed by atoms with Crippen LogP contribution in [-0.2, 0) is 0 Å². The van der Waals surface area contributed by atoms with Crippen LogP contribution in [0.1, 0.15) is 28.9 Å². The summed E-state index contributed by atoms with van der Waals surface area (Å²) in [6, 6.07) is 7.52. The molecule has 1 aliphatic rings. The number of carbonyl (C=O) groups is 1. The van der Waals surface area contributed by atoms with Crippen molar-refractivity contribution in [1.29, 1.82) is 0 Å². The van der Waals surface area contributed by atoms with Gasteiger partial charge in [0.1, 0.15) is 11.6 Å². The second-order valence-corrected chi connectivity index (χ2v) is 5.49. The number of hydrogen-bond donors (Lipinski definition) is 1. The molecule has 0 bridgehead atoms. The summed E-state index contributed by atoms with van der Waals surface area (Å²) in [5, 5.41) is 2.71. The molecule has 0 aliphatic heterocycles. The fourth-order valence-electron chi connectivity index (χ4n) is 2.13. The van der Waals surface area contributed by atoms with E-state index in [0.717, 1.165) is 12.8 Å². The second-order valence-electron chi connectivity index (χ2n) is 5.49. The maximum Gasteiger partial charge on any atom is 0.257 e. The molecule has 1 aromatic heterocycles. The number of nitrogens with one attached hydrogen (secondary N) is 1. The Balaban J connectivity index is 1.79. The third kappa shape index (κ3) is 3.42. The predicted molar refractivity (Wildman–Crippen MR) is 81.5 cm³/mol. The first-order chi connectivity index (χ1) is 10.6. The van der Waals surface area contributed by atoms with Crippen LogP contribution in [0, 0.1) is 18.7 Å². The van der Waals surface area contributed by atoms with Gasteiger partial charge in [-0.2, -0.15) is 0 Å². The molecule has 1 amide bonds. The van der Waals surface area contributed by atoms with Gasteiger partial charge in [0.2, 0.25) is 0 Å². The molecule has 114 valence electrons. The van der Waals surface area contributed by atoms with Gasteiger partial charge < -0.3 is 10.1 Å². The molecule has 3 rings (SSSR count). The lowest BCUT2D eigenvalue weighted by Gasteiger charge is -2.13. The van der Waals surface area contributed by atoms with Crippen molar-refractivity contribution < 1.29 is 13.9 Å². The molecule has 1 aromatic carbocycles. The molecule has 5 heteroatoms. The number of carbonyl (C=O) groups excluding carboxylic acids is 1. The van der Waals surface area contributed by atoms with E-state index in [1.165, 1.54) is 12.1 Å². The highest BCUT2D eigenvalue weighted by molar-refractivity contribution is 6.05. The number of halogens is 1. The third-order valence-electron chi connectivity index (χ3n) is 3.61. The van der Waals surface area contributed by atoms with E-state index in [2.05, 4.69) is 10.3 Å². The Morgan fingerprint density at radius 1 is 1.41 bits per heavy atom. The van der Waals surface area contributed by atoms with Crippen molar-refractivity contribution in [1.82, 2.24) is 4.98 Å². The fraction of sp³-hybridized carbons (Fsp3) is 0.294. The van der Waals surface area contributed by atoms with Crippen molar-refractivity contribution in [3.63, 3.8) is 0 Å². The van der Waals surface area contributed by atoms with Gasteiger partial charge in [0.15, 0.2) is 0 Å². The summed E-state index contributed by atoms with van der Waals surface area (Å²) >= 11 is 0. The molecule has 1 fully saturated rings. The number of benzene rings is 1. The summed E-state index contributed by atoms with van der Waals surface area (Å²) in [6.07, 6.45) is 3.95. The average Bonchev–Trinajstić information content (AvgIpc) is 3.31. The Kier molecular flexibility index (Phi) is 4.04. The first-order valence-corrected chi connectivity index (χ1v) is 7.29. The molecule has 1 aliphatic carbocycles. The van der Waals surface area contributed by atoms with Gasteiger partial charge in [0.05, 0.1) is 17.9 Å². The fourth-order valence-corrected chi connectivity index (χ4v) is 2.13. The van der Waals surface area contributed by atoms with Crippen LogP contribution in [0.25, 0.3) is 0 Å². The van der Waals surface area contributed by atoms with Crippen molar-refractivity contribution in [3.8, 4) is 5.75 Å². The largest absolute Gasteiger partial charge is 0.491 e. The molecule has 0 radical (unpaired) electrons. The molecular weight excluding hydrogens is 283 g/mol. The number of ether oxygens (including phenoxy) is 1. The number of pyridine rings is 1. The van der Waals surface area contributed by atoms with E-state index in [0.29, 0.717) is 35.2 Å². The number of aryl methyl sites for hydroxylation is 1. The Bertz CT molecular complexity index is 699. The average molecular weight is 300 g/mol. The maximum absolute atomic E-state index is 13.5. The summed E-state index contributed by atoms with van der Waals surface area (Å²) in [6.45, 7) is 2.35. The van der Waals surface area contributed by atoms with Crippen molar-refractivity contribution in [3.05, 3.63) is 53.6 Å². The quantitative estimate of drug-likeness (QED) is 0.918. The zero-order chi connectivity index (χ0) is 15.5. The number of hydrogen-bond acceptors (Lipinski definition) is 3. The van der Waals surface area contributed by atoms with Crippen molar-refractivity contribution >= 4 is 11.6 Å². The molecule has 0 unspecified atom stereocenters. The molecule has 1 saturated carbocycles. The van der Waals surface area contributed by atoms with E-state index in [1.54, 1.807) is 31.3 Å². The van der Waals surface area contributed by atoms with Crippen LogP contribution in [0.5, 0.6) is 5.75 Å². The predicted octanol–water partition coefficient (Wildman–Crippen LogP) is 3.57. The summed E-state index contributed by atoms with van der Waals surface area (Å²) in [5.74, 6) is 0.321. The van der Waals surface area contributed by atoms with Crippen LogP contribution in [0.4, 0.5) is 10.1 Å². The first-order valence-electron chi connectivity index (χ1n) is 7.29. The molecule has 0 saturated heterocycles. The highest BCUT2D eigenvalue weighted by Gasteiger charge is 2.22. The van der Waals surface area contributed by atoms with Crippen LogP contribution >= 0.6 is 0 Å². The number of aromatic nitrogens is 1. The van der Waals surface area contributed by atoms with Gasteiger partial charge >= 0.3 is 0 Å². The van der Waals surface area contributed by atoms with E-state index in [9.17, 15) is 9.18 Å². The molecule has 4 nitrogen and oxygen atoms in total. The molecule has 2 aromatic rings. The van der Waals surface area contributed by atoms with E-state index in [1.807, 2.05) is 0 Å². The second kappa shape index (κ2) is 6.13. The van der Waals surface area contributed by atoms with E-state index >= 15 is 0 Å². The first kappa shape index (κ1) is 14.5.